The van der Waals surface area contributed by atoms with E-state index in [1.807, 2.05) is 18.5 Å². The highest BCUT2D eigenvalue weighted by atomic mass is 16.1. The second-order valence-electron chi connectivity index (χ2n) is 4.77. The molecule has 1 atom stereocenters. The first-order valence-electron chi connectivity index (χ1n) is 6.84. The van der Waals surface area contributed by atoms with E-state index < -0.39 is 0 Å². The number of carbonyl (C=O) groups is 1. The van der Waals surface area contributed by atoms with Crippen LogP contribution in [0.4, 0.5) is 0 Å². The van der Waals surface area contributed by atoms with Crippen molar-refractivity contribution in [3.05, 3.63) is 24.0 Å². The van der Waals surface area contributed by atoms with Crippen LogP contribution in [0.3, 0.4) is 0 Å². The van der Waals surface area contributed by atoms with Crippen molar-refractivity contribution >= 4 is 5.91 Å². The summed E-state index contributed by atoms with van der Waals surface area (Å²) in [7, 11) is 0. The average Bonchev–Trinajstić information content (AvgIpc) is 2.87. The zero-order valence-electron chi connectivity index (χ0n) is 11.2. The van der Waals surface area contributed by atoms with Crippen LogP contribution in [0.2, 0.25) is 0 Å². The number of hydrogen-bond donors (Lipinski definition) is 3. The van der Waals surface area contributed by atoms with Crippen molar-refractivity contribution in [2.75, 3.05) is 6.54 Å². The van der Waals surface area contributed by atoms with E-state index in [1.165, 1.54) is 6.42 Å². The van der Waals surface area contributed by atoms with Gasteiger partial charge in [-0.1, -0.05) is 19.8 Å². The molecule has 0 aliphatic heterocycles. The van der Waals surface area contributed by atoms with Crippen molar-refractivity contribution in [1.82, 2.24) is 10.3 Å². The van der Waals surface area contributed by atoms with Crippen molar-refractivity contribution in [2.24, 2.45) is 11.7 Å². The lowest BCUT2D eigenvalue weighted by Crippen LogP contribution is -2.23. The summed E-state index contributed by atoms with van der Waals surface area (Å²) in [5.74, 6) is 0.729. The number of hydrogen-bond acceptors (Lipinski definition) is 2. The first-order chi connectivity index (χ1) is 8.76. The summed E-state index contributed by atoms with van der Waals surface area (Å²) in [6.45, 7) is 3.50. The Kier molecular flexibility index (Phi) is 7.18. The highest BCUT2D eigenvalue weighted by Gasteiger charge is 2.09. The number of carbonyl (C=O) groups excluding carboxylic acids is 1. The topological polar surface area (TPSA) is 70.9 Å². The third-order valence-electron chi connectivity index (χ3n) is 3.20. The molecular formula is C14H25N3O. The van der Waals surface area contributed by atoms with E-state index in [-0.39, 0.29) is 5.91 Å². The SMILES string of the molecule is CCCC(CCN)CCC(=O)NCc1cc[nH]c1. The third kappa shape index (κ3) is 5.87. The smallest absolute Gasteiger partial charge is 0.220 e. The zero-order chi connectivity index (χ0) is 13.2. The quantitative estimate of drug-likeness (QED) is 0.629. The number of amides is 1. The molecule has 0 saturated carbocycles. The van der Waals surface area contributed by atoms with E-state index in [2.05, 4.69) is 17.2 Å². The van der Waals surface area contributed by atoms with Crippen LogP contribution < -0.4 is 11.1 Å². The van der Waals surface area contributed by atoms with Crippen LogP contribution in [0, 0.1) is 5.92 Å². The van der Waals surface area contributed by atoms with Crippen molar-refractivity contribution in [1.29, 1.82) is 0 Å². The summed E-state index contributed by atoms with van der Waals surface area (Å²) < 4.78 is 0. The molecule has 1 aromatic rings. The Morgan fingerprint density at radius 3 is 2.89 bits per heavy atom. The van der Waals surface area contributed by atoms with Crippen LogP contribution in [-0.4, -0.2) is 17.4 Å². The van der Waals surface area contributed by atoms with Crippen LogP contribution in [0.5, 0.6) is 0 Å². The molecule has 4 N–H and O–H groups in total. The predicted molar refractivity (Wildman–Crippen MR) is 73.9 cm³/mol. The summed E-state index contributed by atoms with van der Waals surface area (Å²) in [6, 6.07) is 1.97. The Morgan fingerprint density at radius 2 is 2.28 bits per heavy atom. The summed E-state index contributed by atoms with van der Waals surface area (Å²) >= 11 is 0. The lowest BCUT2D eigenvalue weighted by molar-refractivity contribution is -0.121. The van der Waals surface area contributed by atoms with Gasteiger partial charge >= 0.3 is 0 Å². The van der Waals surface area contributed by atoms with Crippen LogP contribution in [0.1, 0.15) is 44.6 Å². The van der Waals surface area contributed by atoms with Gasteiger partial charge in [0.2, 0.25) is 5.91 Å². The summed E-state index contributed by atoms with van der Waals surface area (Å²) in [4.78, 5) is 14.7. The molecule has 1 rings (SSSR count). The van der Waals surface area contributed by atoms with E-state index in [4.69, 9.17) is 5.73 Å². The maximum absolute atomic E-state index is 11.7. The number of aromatic amines is 1. The Morgan fingerprint density at radius 1 is 1.44 bits per heavy atom. The van der Waals surface area contributed by atoms with Gasteiger partial charge in [0.15, 0.2) is 0 Å². The molecule has 0 saturated heterocycles. The fourth-order valence-electron chi connectivity index (χ4n) is 2.17. The maximum atomic E-state index is 11.7. The number of H-pyrrole nitrogens is 1. The first kappa shape index (κ1) is 14.8. The van der Waals surface area contributed by atoms with Crippen molar-refractivity contribution < 1.29 is 4.79 Å². The Bertz CT molecular complexity index is 316. The van der Waals surface area contributed by atoms with E-state index >= 15 is 0 Å². The highest BCUT2D eigenvalue weighted by Crippen LogP contribution is 2.16. The van der Waals surface area contributed by atoms with Crippen molar-refractivity contribution in [2.45, 2.75) is 45.6 Å². The van der Waals surface area contributed by atoms with E-state index in [9.17, 15) is 4.79 Å². The summed E-state index contributed by atoms with van der Waals surface area (Å²) in [5.41, 5.74) is 6.69. The van der Waals surface area contributed by atoms with Crippen LogP contribution in [0.15, 0.2) is 18.5 Å². The lowest BCUT2D eigenvalue weighted by Gasteiger charge is -2.14. The molecule has 4 heteroatoms. The van der Waals surface area contributed by atoms with Gasteiger partial charge in [-0.05, 0) is 36.9 Å². The molecule has 0 aliphatic rings. The molecule has 0 radical (unpaired) electrons. The van der Waals surface area contributed by atoms with Gasteiger partial charge in [0.25, 0.3) is 0 Å². The van der Waals surface area contributed by atoms with Gasteiger partial charge in [0, 0.05) is 25.4 Å². The minimum atomic E-state index is 0.134. The Hall–Kier alpha value is -1.29. The molecule has 0 bridgehead atoms. The lowest BCUT2D eigenvalue weighted by atomic mass is 9.94. The van der Waals surface area contributed by atoms with Gasteiger partial charge < -0.3 is 16.0 Å². The Balaban J connectivity index is 2.18. The minimum absolute atomic E-state index is 0.134. The second-order valence-corrected chi connectivity index (χ2v) is 4.77. The largest absolute Gasteiger partial charge is 0.367 e. The maximum Gasteiger partial charge on any atom is 0.220 e. The molecule has 1 heterocycles. The van der Waals surface area contributed by atoms with Crippen LogP contribution >= 0.6 is 0 Å². The number of rotatable bonds is 9. The fraction of sp³-hybridized carbons (Fsp3) is 0.643. The molecule has 4 nitrogen and oxygen atoms in total. The van der Waals surface area contributed by atoms with Gasteiger partial charge in [0.05, 0.1) is 0 Å². The number of nitrogens with one attached hydrogen (secondary N) is 2. The molecule has 0 fully saturated rings. The average molecular weight is 251 g/mol. The van der Waals surface area contributed by atoms with Gasteiger partial charge in [-0.2, -0.15) is 0 Å². The summed E-state index contributed by atoms with van der Waals surface area (Å²) in [6.07, 6.45) is 8.67. The minimum Gasteiger partial charge on any atom is -0.367 e. The van der Waals surface area contributed by atoms with E-state index in [0.717, 1.165) is 31.4 Å². The normalized spacial score (nSPS) is 12.3. The van der Waals surface area contributed by atoms with Crippen LogP contribution in [-0.2, 0) is 11.3 Å². The van der Waals surface area contributed by atoms with Gasteiger partial charge in [-0.25, -0.2) is 0 Å². The van der Waals surface area contributed by atoms with Crippen LogP contribution in [0.25, 0.3) is 0 Å². The predicted octanol–water partition coefficient (Wildman–Crippen LogP) is 2.18. The molecule has 1 aromatic heterocycles. The highest BCUT2D eigenvalue weighted by molar-refractivity contribution is 5.75. The third-order valence-corrected chi connectivity index (χ3v) is 3.20. The molecule has 0 aliphatic carbocycles. The van der Waals surface area contributed by atoms with Gasteiger partial charge in [0.1, 0.15) is 0 Å². The first-order valence-corrected chi connectivity index (χ1v) is 6.84. The van der Waals surface area contributed by atoms with Crippen molar-refractivity contribution in [3.63, 3.8) is 0 Å². The molecular weight excluding hydrogens is 226 g/mol. The monoisotopic (exact) mass is 251 g/mol. The van der Waals surface area contributed by atoms with Crippen molar-refractivity contribution in [3.8, 4) is 0 Å². The number of nitrogens with two attached hydrogens (primary N) is 1. The molecule has 1 amide bonds. The molecule has 18 heavy (non-hydrogen) atoms. The second kappa shape index (κ2) is 8.75. The fourth-order valence-corrected chi connectivity index (χ4v) is 2.17. The molecule has 0 spiro atoms. The number of aromatic nitrogens is 1. The Labute approximate surface area is 109 Å². The van der Waals surface area contributed by atoms with E-state index in [0.29, 0.717) is 18.9 Å². The molecule has 1 unspecified atom stereocenters. The zero-order valence-corrected chi connectivity index (χ0v) is 11.2. The van der Waals surface area contributed by atoms with E-state index in [1.54, 1.807) is 0 Å². The standard InChI is InChI=1S/C14H25N3O/c1-2-3-12(6-8-15)4-5-14(18)17-11-13-7-9-16-10-13/h7,9-10,12,16H,2-6,8,11,15H2,1H3,(H,17,18). The van der Waals surface area contributed by atoms with Gasteiger partial charge in [-0.3, -0.25) is 4.79 Å². The molecule has 102 valence electrons. The van der Waals surface area contributed by atoms with Gasteiger partial charge in [-0.15, -0.1) is 0 Å². The summed E-state index contributed by atoms with van der Waals surface area (Å²) in [5, 5.41) is 2.93. The molecule has 0 aromatic carbocycles.